The van der Waals surface area contributed by atoms with Crippen molar-refractivity contribution in [3.05, 3.63) is 57.8 Å². The van der Waals surface area contributed by atoms with E-state index in [1.165, 1.54) is 12.1 Å². The predicted molar refractivity (Wildman–Crippen MR) is 105 cm³/mol. The molecule has 0 saturated carbocycles. The van der Waals surface area contributed by atoms with E-state index in [0.29, 0.717) is 30.8 Å². The number of hydrogen-bond acceptors (Lipinski definition) is 3. The van der Waals surface area contributed by atoms with Crippen LogP contribution in [0.5, 0.6) is 11.5 Å². The molecule has 0 radical (unpaired) electrons. The van der Waals surface area contributed by atoms with Crippen LogP contribution in [0.15, 0.2) is 40.9 Å². The second-order valence-electron chi connectivity index (χ2n) is 5.79. The van der Waals surface area contributed by atoms with Crippen LogP contribution in [0.25, 0.3) is 0 Å². The van der Waals surface area contributed by atoms with Gasteiger partial charge in [-0.15, -0.1) is 12.4 Å². The molecule has 138 valence electrons. The highest BCUT2D eigenvalue weighted by Gasteiger charge is 2.13. The van der Waals surface area contributed by atoms with Crippen molar-refractivity contribution in [1.29, 1.82) is 0 Å². The second-order valence-corrected chi connectivity index (χ2v) is 6.64. The fourth-order valence-corrected chi connectivity index (χ4v) is 2.79. The van der Waals surface area contributed by atoms with Crippen molar-refractivity contribution < 1.29 is 13.9 Å². The fraction of sp³-hybridized carbons (Fsp3) is 0.368. The lowest BCUT2D eigenvalue weighted by molar-refractivity contribution is 0.267. The Bertz CT molecular complexity index is 665. The minimum Gasteiger partial charge on any atom is -0.490 e. The van der Waals surface area contributed by atoms with E-state index < -0.39 is 0 Å². The van der Waals surface area contributed by atoms with Crippen molar-refractivity contribution in [2.75, 3.05) is 6.61 Å². The number of nitrogens with one attached hydrogen (secondary N) is 1. The summed E-state index contributed by atoms with van der Waals surface area (Å²) in [6.45, 7) is 7.82. The van der Waals surface area contributed by atoms with Crippen LogP contribution in [0, 0.1) is 5.82 Å². The van der Waals surface area contributed by atoms with Crippen LogP contribution in [0.3, 0.4) is 0 Å². The maximum Gasteiger partial charge on any atom is 0.175 e. The van der Waals surface area contributed by atoms with E-state index in [0.717, 1.165) is 22.1 Å². The lowest BCUT2D eigenvalue weighted by atomic mass is 10.2. The molecule has 0 atom stereocenters. The average molecular weight is 433 g/mol. The smallest absolute Gasteiger partial charge is 0.175 e. The fourth-order valence-electron chi connectivity index (χ4n) is 2.18. The summed E-state index contributed by atoms with van der Waals surface area (Å²) in [6.07, 6.45) is 0. The lowest BCUT2D eigenvalue weighted by Crippen LogP contribution is -2.21. The summed E-state index contributed by atoms with van der Waals surface area (Å²) in [6, 6.07) is 10.7. The van der Waals surface area contributed by atoms with Crippen LogP contribution in [0.4, 0.5) is 4.39 Å². The van der Waals surface area contributed by atoms with Crippen molar-refractivity contribution in [2.24, 2.45) is 0 Å². The van der Waals surface area contributed by atoms with Gasteiger partial charge < -0.3 is 14.8 Å². The van der Waals surface area contributed by atoms with Crippen molar-refractivity contribution in [3.8, 4) is 11.5 Å². The zero-order valence-electron chi connectivity index (χ0n) is 14.6. The average Bonchev–Trinajstić information content (AvgIpc) is 2.54. The Hall–Kier alpha value is -1.30. The molecule has 0 spiro atoms. The van der Waals surface area contributed by atoms with Gasteiger partial charge >= 0.3 is 0 Å². The Morgan fingerprint density at radius 3 is 2.36 bits per heavy atom. The van der Waals surface area contributed by atoms with Crippen LogP contribution in [-0.2, 0) is 13.2 Å². The summed E-state index contributed by atoms with van der Waals surface area (Å²) in [7, 11) is 0. The second kappa shape index (κ2) is 10.6. The number of halogens is 3. The molecule has 25 heavy (non-hydrogen) atoms. The SMILES string of the molecule is CCOc1cc(CNC(C)C)cc(Br)c1OCc1ccc(F)cc1.Cl. The van der Waals surface area contributed by atoms with Crippen molar-refractivity contribution >= 4 is 28.3 Å². The van der Waals surface area contributed by atoms with Gasteiger partial charge in [-0.25, -0.2) is 4.39 Å². The first-order valence-electron chi connectivity index (χ1n) is 8.05. The summed E-state index contributed by atoms with van der Waals surface area (Å²) in [5.41, 5.74) is 2.02. The van der Waals surface area contributed by atoms with Crippen LogP contribution < -0.4 is 14.8 Å². The molecular formula is C19H24BrClFNO2. The van der Waals surface area contributed by atoms with Gasteiger partial charge in [0.05, 0.1) is 11.1 Å². The maximum atomic E-state index is 13.0. The van der Waals surface area contributed by atoms with Gasteiger partial charge in [0, 0.05) is 12.6 Å². The van der Waals surface area contributed by atoms with Gasteiger partial charge in [-0.1, -0.05) is 26.0 Å². The van der Waals surface area contributed by atoms with Gasteiger partial charge in [-0.05, 0) is 58.2 Å². The Balaban J connectivity index is 0.00000312. The van der Waals surface area contributed by atoms with Crippen LogP contribution >= 0.6 is 28.3 Å². The predicted octanol–water partition coefficient (Wildman–Crippen LogP) is 5.49. The van der Waals surface area contributed by atoms with Crippen molar-refractivity contribution in [1.82, 2.24) is 5.32 Å². The van der Waals surface area contributed by atoms with Gasteiger partial charge in [0.2, 0.25) is 0 Å². The molecule has 0 bridgehead atoms. The third kappa shape index (κ3) is 6.84. The zero-order valence-corrected chi connectivity index (χ0v) is 17.0. The Morgan fingerprint density at radius 1 is 1.08 bits per heavy atom. The quantitative estimate of drug-likeness (QED) is 0.598. The molecule has 0 aliphatic rings. The Kier molecular flexibility index (Phi) is 9.25. The van der Waals surface area contributed by atoms with Crippen LogP contribution in [-0.4, -0.2) is 12.6 Å². The largest absolute Gasteiger partial charge is 0.490 e. The molecule has 2 aromatic rings. The van der Waals surface area contributed by atoms with Crippen LogP contribution in [0.1, 0.15) is 31.9 Å². The first kappa shape index (κ1) is 21.7. The summed E-state index contributed by atoms with van der Waals surface area (Å²) >= 11 is 3.57. The van der Waals surface area contributed by atoms with Crippen molar-refractivity contribution in [3.63, 3.8) is 0 Å². The Labute approximate surface area is 163 Å². The molecule has 0 aliphatic heterocycles. The van der Waals surface area contributed by atoms with E-state index in [1.807, 2.05) is 19.1 Å². The number of ether oxygens (including phenoxy) is 2. The molecule has 2 rings (SSSR count). The highest BCUT2D eigenvalue weighted by Crippen LogP contribution is 2.37. The van der Waals surface area contributed by atoms with Gasteiger partial charge in [-0.3, -0.25) is 0 Å². The zero-order chi connectivity index (χ0) is 17.5. The van der Waals surface area contributed by atoms with E-state index in [1.54, 1.807) is 12.1 Å². The van der Waals surface area contributed by atoms with Gasteiger partial charge in [0.1, 0.15) is 12.4 Å². The van der Waals surface area contributed by atoms with E-state index in [4.69, 9.17) is 9.47 Å². The van der Waals surface area contributed by atoms with Gasteiger partial charge in [-0.2, -0.15) is 0 Å². The van der Waals surface area contributed by atoms with Gasteiger partial charge in [0.15, 0.2) is 11.5 Å². The standard InChI is InChI=1S/C19H23BrFNO2.ClH/c1-4-23-18-10-15(11-22-13(2)3)9-17(20)19(18)24-12-14-5-7-16(21)8-6-14;/h5-10,13,22H,4,11-12H2,1-3H3;1H. The molecule has 6 heteroatoms. The Morgan fingerprint density at radius 2 is 1.76 bits per heavy atom. The first-order valence-corrected chi connectivity index (χ1v) is 8.84. The highest BCUT2D eigenvalue weighted by atomic mass is 79.9. The topological polar surface area (TPSA) is 30.5 Å². The number of rotatable bonds is 8. The monoisotopic (exact) mass is 431 g/mol. The van der Waals surface area contributed by atoms with E-state index in [2.05, 4.69) is 35.1 Å². The molecule has 0 aliphatic carbocycles. The van der Waals surface area contributed by atoms with Crippen LogP contribution in [0.2, 0.25) is 0 Å². The molecule has 0 fully saturated rings. The summed E-state index contributed by atoms with van der Waals surface area (Å²) in [4.78, 5) is 0. The van der Waals surface area contributed by atoms with Crippen molar-refractivity contribution in [2.45, 2.75) is 40.0 Å². The molecule has 3 nitrogen and oxygen atoms in total. The highest BCUT2D eigenvalue weighted by molar-refractivity contribution is 9.10. The molecular weight excluding hydrogens is 409 g/mol. The molecule has 0 unspecified atom stereocenters. The summed E-state index contributed by atoms with van der Waals surface area (Å²) in [5, 5.41) is 3.39. The molecule has 2 aromatic carbocycles. The first-order chi connectivity index (χ1) is 11.5. The number of hydrogen-bond donors (Lipinski definition) is 1. The maximum absolute atomic E-state index is 13.0. The molecule has 0 heterocycles. The summed E-state index contributed by atoms with van der Waals surface area (Å²) < 4.78 is 25.5. The summed E-state index contributed by atoms with van der Waals surface area (Å²) in [5.74, 6) is 1.11. The molecule has 0 aromatic heterocycles. The minimum atomic E-state index is -0.253. The molecule has 1 N–H and O–H groups in total. The normalized spacial score (nSPS) is 10.5. The molecule has 0 saturated heterocycles. The van der Waals surface area contributed by atoms with Gasteiger partial charge in [0.25, 0.3) is 0 Å². The third-order valence-electron chi connectivity index (χ3n) is 3.38. The third-order valence-corrected chi connectivity index (χ3v) is 3.97. The number of benzene rings is 2. The molecule has 0 amide bonds. The van der Waals surface area contributed by atoms with E-state index >= 15 is 0 Å². The lowest BCUT2D eigenvalue weighted by Gasteiger charge is -2.16. The minimum absolute atomic E-state index is 0. The van der Waals surface area contributed by atoms with E-state index in [9.17, 15) is 4.39 Å². The van der Waals surface area contributed by atoms with E-state index in [-0.39, 0.29) is 18.2 Å².